The van der Waals surface area contributed by atoms with E-state index in [0.29, 0.717) is 11.7 Å². The van der Waals surface area contributed by atoms with Gasteiger partial charge in [-0.2, -0.15) is 0 Å². The Bertz CT molecular complexity index is 314. The summed E-state index contributed by atoms with van der Waals surface area (Å²) in [5.74, 6) is 0. The first-order valence-electron chi connectivity index (χ1n) is 5.42. The molecule has 0 saturated carbocycles. The molecule has 0 aliphatic rings. The van der Waals surface area contributed by atoms with Crippen molar-refractivity contribution in [3.8, 4) is 0 Å². The van der Waals surface area contributed by atoms with Gasteiger partial charge < -0.3 is 15.7 Å². The van der Waals surface area contributed by atoms with E-state index in [9.17, 15) is 0 Å². The third-order valence-electron chi connectivity index (χ3n) is 2.10. The van der Waals surface area contributed by atoms with E-state index in [1.54, 1.807) is 6.92 Å². The van der Waals surface area contributed by atoms with Crippen LogP contribution in [0.15, 0.2) is 30.3 Å². The van der Waals surface area contributed by atoms with Crippen LogP contribution < -0.4 is 10.6 Å². The van der Waals surface area contributed by atoms with Crippen LogP contribution >= 0.6 is 12.2 Å². The van der Waals surface area contributed by atoms with Gasteiger partial charge >= 0.3 is 0 Å². The Balaban J connectivity index is 2.13. The molecule has 0 saturated heterocycles. The van der Waals surface area contributed by atoms with E-state index in [2.05, 4.69) is 22.8 Å². The fourth-order valence-corrected chi connectivity index (χ4v) is 1.45. The molecule has 0 fully saturated rings. The lowest BCUT2D eigenvalue weighted by atomic mass is 10.1. The highest BCUT2D eigenvalue weighted by molar-refractivity contribution is 7.80. The van der Waals surface area contributed by atoms with E-state index in [1.807, 2.05) is 18.2 Å². The molecular weight excluding hydrogens is 220 g/mol. The van der Waals surface area contributed by atoms with Gasteiger partial charge in [0.2, 0.25) is 0 Å². The molecule has 88 valence electrons. The summed E-state index contributed by atoms with van der Waals surface area (Å²) < 4.78 is 0. The van der Waals surface area contributed by atoms with Gasteiger partial charge in [-0.25, -0.2) is 0 Å². The minimum absolute atomic E-state index is 0.381. The standard InChI is InChI=1S/C12H18N2OS/c1-10(15)9-14-12(16)13-8-7-11-5-3-2-4-6-11/h2-6,10,15H,7-9H2,1H3,(H2,13,14,16)/t10-/m0/s1. The summed E-state index contributed by atoms with van der Waals surface area (Å²) in [7, 11) is 0. The van der Waals surface area contributed by atoms with Gasteiger partial charge in [-0.15, -0.1) is 0 Å². The summed E-state index contributed by atoms with van der Waals surface area (Å²) in [4.78, 5) is 0. The van der Waals surface area contributed by atoms with Crippen molar-refractivity contribution >= 4 is 17.3 Å². The van der Waals surface area contributed by atoms with Crippen LogP contribution in [0.5, 0.6) is 0 Å². The molecular formula is C12H18N2OS. The maximum Gasteiger partial charge on any atom is 0.166 e. The molecule has 0 bridgehead atoms. The van der Waals surface area contributed by atoms with Gasteiger partial charge in [0.15, 0.2) is 5.11 Å². The van der Waals surface area contributed by atoms with Crippen molar-refractivity contribution in [1.82, 2.24) is 10.6 Å². The molecule has 1 aromatic rings. The monoisotopic (exact) mass is 238 g/mol. The van der Waals surface area contributed by atoms with Gasteiger partial charge in [-0.05, 0) is 31.1 Å². The number of nitrogens with one attached hydrogen (secondary N) is 2. The third-order valence-corrected chi connectivity index (χ3v) is 2.39. The van der Waals surface area contributed by atoms with Crippen molar-refractivity contribution in [2.24, 2.45) is 0 Å². The summed E-state index contributed by atoms with van der Waals surface area (Å²) in [6.45, 7) is 3.01. The molecule has 0 heterocycles. The van der Waals surface area contributed by atoms with Crippen molar-refractivity contribution in [3.63, 3.8) is 0 Å². The van der Waals surface area contributed by atoms with Crippen LogP contribution in [0.25, 0.3) is 0 Å². The number of thiocarbonyl (C=S) groups is 1. The maximum atomic E-state index is 9.05. The van der Waals surface area contributed by atoms with Gasteiger partial charge in [0.1, 0.15) is 0 Å². The fourth-order valence-electron chi connectivity index (χ4n) is 1.27. The molecule has 1 aromatic carbocycles. The molecule has 0 aromatic heterocycles. The Morgan fingerprint density at radius 2 is 2.00 bits per heavy atom. The predicted molar refractivity (Wildman–Crippen MR) is 70.4 cm³/mol. The van der Waals surface area contributed by atoms with Crippen molar-refractivity contribution in [3.05, 3.63) is 35.9 Å². The zero-order chi connectivity index (χ0) is 11.8. The number of hydrogen-bond acceptors (Lipinski definition) is 2. The van der Waals surface area contributed by atoms with E-state index < -0.39 is 0 Å². The van der Waals surface area contributed by atoms with Crippen molar-refractivity contribution < 1.29 is 5.11 Å². The van der Waals surface area contributed by atoms with Crippen LogP contribution in [0.2, 0.25) is 0 Å². The number of hydrogen-bond donors (Lipinski definition) is 3. The van der Waals surface area contributed by atoms with E-state index >= 15 is 0 Å². The Kier molecular flexibility index (Phi) is 5.82. The quantitative estimate of drug-likeness (QED) is 0.672. The van der Waals surface area contributed by atoms with Crippen LogP contribution in [0.1, 0.15) is 12.5 Å². The second-order valence-corrected chi connectivity index (χ2v) is 4.13. The second-order valence-electron chi connectivity index (χ2n) is 3.72. The van der Waals surface area contributed by atoms with Gasteiger partial charge in [0.05, 0.1) is 6.10 Å². The molecule has 3 nitrogen and oxygen atoms in total. The minimum atomic E-state index is -0.381. The lowest BCUT2D eigenvalue weighted by Gasteiger charge is -2.11. The average Bonchev–Trinajstić information content (AvgIpc) is 2.28. The van der Waals surface area contributed by atoms with Gasteiger partial charge in [-0.1, -0.05) is 30.3 Å². The van der Waals surface area contributed by atoms with Crippen molar-refractivity contribution in [1.29, 1.82) is 0 Å². The molecule has 1 rings (SSSR count). The van der Waals surface area contributed by atoms with E-state index in [1.165, 1.54) is 5.56 Å². The highest BCUT2D eigenvalue weighted by atomic mass is 32.1. The molecule has 16 heavy (non-hydrogen) atoms. The minimum Gasteiger partial charge on any atom is -0.392 e. The lowest BCUT2D eigenvalue weighted by molar-refractivity contribution is 0.198. The molecule has 0 radical (unpaired) electrons. The van der Waals surface area contributed by atoms with E-state index in [0.717, 1.165) is 13.0 Å². The maximum absolute atomic E-state index is 9.05. The molecule has 0 aliphatic heterocycles. The Labute approximate surface area is 102 Å². The van der Waals surface area contributed by atoms with Gasteiger partial charge in [0, 0.05) is 13.1 Å². The molecule has 0 unspecified atom stereocenters. The molecule has 4 heteroatoms. The summed E-state index contributed by atoms with van der Waals surface area (Å²) in [6.07, 6.45) is 0.561. The molecule has 1 atom stereocenters. The first kappa shape index (κ1) is 12.9. The Morgan fingerprint density at radius 1 is 1.31 bits per heavy atom. The number of aliphatic hydroxyl groups is 1. The summed E-state index contributed by atoms with van der Waals surface area (Å²) in [5, 5.41) is 15.7. The van der Waals surface area contributed by atoms with E-state index in [-0.39, 0.29) is 6.10 Å². The fraction of sp³-hybridized carbons (Fsp3) is 0.417. The van der Waals surface area contributed by atoms with Crippen LogP contribution in [0.4, 0.5) is 0 Å². The average molecular weight is 238 g/mol. The van der Waals surface area contributed by atoms with Gasteiger partial charge in [-0.3, -0.25) is 0 Å². The first-order chi connectivity index (χ1) is 7.68. The first-order valence-corrected chi connectivity index (χ1v) is 5.83. The zero-order valence-corrected chi connectivity index (χ0v) is 10.3. The number of benzene rings is 1. The smallest absolute Gasteiger partial charge is 0.166 e. The van der Waals surface area contributed by atoms with Crippen molar-refractivity contribution in [2.75, 3.05) is 13.1 Å². The van der Waals surface area contributed by atoms with Crippen LogP contribution in [-0.2, 0) is 6.42 Å². The number of rotatable bonds is 5. The SMILES string of the molecule is C[C@H](O)CNC(=S)NCCc1ccccc1. The highest BCUT2D eigenvalue weighted by Gasteiger charge is 1.98. The van der Waals surface area contributed by atoms with E-state index in [4.69, 9.17) is 17.3 Å². The Morgan fingerprint density at radius 3 is 2.62 bits per heavy atom. The van der Waals surface area contributed by atoms with Crippen LogP contribution in [0, 0.1) is 0 Å². The zero-order valence-electron chi connectivity index (χ0n) is 9.44. The molecule has 0 spiro atoms. The normalized spacial score (nSPS) is 11.9. The van der Waals surface area contributed by atoms with Gasteiger partial charge in [0.25, 0.3) is 0 Å². The molecule has 3 N–H and O–H groups in total. The summed E-state index contributed by atoms with van der Waals surface area (Å²) >= 11 is 5.05. The Hall–Kier alpha value is -1.13. The summed E-state index contributed by atoms with van der Waals surface area (Å²) in [5.41, 5.74) is 1.29. The highest BCUT2D eigenvalue weighted by Crippen LogP contribution is 1.97. The lowest BCUT2D eigenvalue weighted by Crippen LogP contribution is -2.39. The molecule has 0 amide bonds. The van der Waals surface area contributed by atoms with Crippen LogP contribution in [0.3, 0.4) is 0 Å². The third kappa shape index (κ3) is 5.68. The topological polar surface area (TPSA) is 44.3 Å². The number of aliphatic hydroxyl groups excluding tert-OH is 1. The summed E-state index contributed by atoms with van der Waals surface area (Å²) in [6, 6.07) is 10.2. The van der Waals surface area contributed by atoms with Crippen molar-refractivity contribution in [2.45, 2.75) is 19.4 Å². The molecule has 0 aliphatic carbocycles. The predicted octanol–water partition coefficient (Wildman–Crippen LogP) is 1.07. The second kappa shape index (κ2) is 7.19. The van der Waals surface area contributed by atoms with Crippen LogP contribution in [-0.4, -0.2) is 29.4 Å². The largest absolute Gasteiger partial charge is 0.392 e.